The van der Waals surface area contributed by atoms with Crippen molar-refractivity contribution in [1.82, 2.24) is 9.78 Å². The van der Waals surface area contributed by atoms with Gasteiger partial charge in [-0.1, -0.05) is 35.3 Å². The lowest BCUT2D eigenvalue weighted by molar-refractivity contribution is -0.137. The molecule has 2 aromatic carbocycles. The molecule has 27 heavy (non-hydrogen) atoms. The van der Waals surface area contributed by atoms with E-state index in [9.17, 15) is 18.0 Å². The Morgan fingerprint density at radius 1 is 1.19 bits per heavy atom. The van der Waals surface area contributed by atoms with E-state index in [1.165, 1.54) is 24.1 Å². The van der Waals surface area contributed by atoms with Gasteiger partial charge in [-0.05, 0) is 29.8 Å². The van der Waals surface area contributed by atoms with Crippen molar-refractivity contribution < 1.29 is 22.7 Å². The van der Waals surface area contributed by atoms with Crippen LogP contribution in [0.25, 0.3) is 22.7 Å². The molecule has 0 atom stereocenters. The van der Waals surface area contributed by atoms with Crippen molar-refractivity contribution in [3.63, 3.8) is 0 Å². The molecule has 3 rings (SSSR count). The van der Waals surface area contributed by atoms with Crippen molar-refractivity contribution in [2.45, 2.75) is 6.18 Å². The first-order valence-corrected chi connectivity index (χ1v) is 8.26. The highest BCUT2D eigenvalue weighted by Gasteiger charge is 2.32. The van der Waals surface area contributed by atoms with E-state index in [-0.39, 0.29) is 15.7 Å². The fraction of sp³-hybridized carbons (Fsp3) is 0.111. The molecule has 0 aliphatic heterocycles. The molecule has 0 saturated carbocycles. The Kier molecular flexibility index (Phi) is 5.17. The van der Waals surface area contributed by atoms with Gasteiger partial charge in [0.05, 0.1) is 34.4 Å². The molecule has 0 amide bonds. The zero-order valence-electron chi connectivity index (χ0n) is 13.7. The van der Waals surface area contributed by atoms with E-state index in [4.69, 9.17) is 23.2 Å². The van der Waals surface area contributed by atoms with E-state index in [1.54, 1.807) is 24.3 Å². The maximum atomic E-state index is 12.9. The van der Waals surface area contributed by atoms with Crippen LogP contribution in [0, 0.1) is 0 Å². The number of benzene rings is 2. The zero-order valence-corrected chi connectivity index (χ0v) is 15.2. The maximum Gasteiger partial charge on any atom is 0.416 e. The third kappa shape index (κ3) is 3.94. The summed E-state index contributed by atoms with van der Waals surface area (Å²) in [6.45, 7) is 0. The number of alkyl halides is 3. The van der Waals surface area contributed by atoms with E-state index in [0.717, 1.165) is 17.5 Å². The van der Waals surface area contributed by atoms with Gasteiger partial charge in [-0.3, -0.25) is 0 Å². The number of aromatic nitrogens is 2. The van der Waals surface area contributed by atoms with E-state index in [0.29, 0.717) is 11.1 Å². The molecule has 0 saturated heterocycles. The highest BCUT2D eigenvalue weighted by Crippen LogP contribution is 2.38. The van der Waals surface area contributed by atoms with Gasteiger partial charge in [0.2, 0.25) is 0 Å². The summed E-state index contributed by atoms with van der Waals surface area (Å²) in [4.78, 5) is 11.2. The van der Waals surface area contributed by atoms with Crippen LogP contribution >= 0.6 is 23.2 Å². The second-order valence-corrected chi connectivity index (χ2v) is 6.33. The second kappa shape index (κ2) is 7.25. The van der Waals surface area contributed by atoms with Crippen molar-refractivity contribution in [2.24, 2.45) is 0 Å². The van der Waals surface area contributed by atoms with E-state index in [1.807, 2.05) is 0 Å². The highest BCUT2D eigenvalue weighted by molar-refractivity contribution is 6.38. The van der Waals surface area contributed by atoms with Gasteiger partial charge in [-0.25, -0.2) is 9.48 Å². The smallest absolute Gasteiger partial charge is 0.416 e. The summed E-state index contributed by atoms with van der Waals surface area (Å²) in [5.41, 5.74) is 0.411. The van der Waals surface area contributed by atoms with Crippen LogP contribution in [0.2, 0.25) is 10.0 Å². The van der Waals surface area contributed by atoms with E-state index in [2.05, 4.69) is 9.84 Å². The molecule has 140 valence electrons. The standard InChI is InChI=1S/C18H11Cl2F3N2O2/c1-27-16(26)5-3-10-2-4-11-9-24-25(15(11)6-10)17-13(19)7-12(8-14(17)20)18(21,22)23/h2-9H,1H3/b5-3+. The molecule has 3 aromatic rings. The summed E-state index contributed by atoms with van der Waals surface area (Å²) in [6, 6.07) is 6.81. The van der Waals surface area contributed by atoms with E-state index >= 15 is 0 Å². The molecule has 1 heterocycles. The Hall–Kier alpha value is -2.51. The Morgan fingerprint density at radius 2 is 1.85 bits per heavy atom. The molecule has 0 N–H and O–H groups in total. The molecule has 0 fully saturated rings. The van der Waals surface area contributed by atoms with Crippen LogP contribution in [-0.2, 0) is 15.7 Å². The summed E-state index contributed by atoms with van der Waals surface area (Å²) < 4.78 is 44.7. The molecular weight excluding hydrogens is 404 g/mol. The minimum absolute atomic E-state index is 0.135. The van der Waals surface area contributed by atoms with Gasteiger partial charge in [0.15, 0.2) is 0 Å². The molecule has 4 nitrogen and oxygen atoms in total. The monoisotopic (exact) mass is 414 g/mol. The summed E-state index contributed by atoms with van der Waals surface area (Å²) in [6.07, 6.45) is -0.240. The number of carbonyl (C=O) groups excluding carboxylic acids is 1. The number of nitrogens with zero attached hydrogens (tertiary/aromatic N) is 2. The molecule has 0 aliphatic carbocycles. The first kappa shape index (κ1) is 19.3. The zero-order chi connectivity index (χ0) is 19.8. The lowest BCUT2D eigenvalue weighted by atomic mass is 10.1. The lowest BCUT2D eigenvalue weighted by Gasteiger charge is -2.13. The molecular formula is C18H11Cl2F3N2O2. The van der Waals surface area contributed by atoms with Crippen molar-refractivity contribution in [2.75, 3.05) is 7.11 Å². The van der Waals surface area contributed by atoms with Crippen LogP contribution in [-0.4, -0.2) is 22.9 Å². The lowest BCUT2D eigenvalue weighted by Crippen LogP contribution is -2.07. The van der Waals surface area contributed by atoms with Crippen LogP contribution in [0.15, 0.2) is 42.6 Å². The quantitative estimate of drug-likeness (QED) is 0.417. The van der Waals surface area contributed by atoms with Crippen molar-refractivity contribution in [3.05, 3.63) is 63.8 Å². The Labute approximate surface area is 161 Å². The minimum atomic E-state index is -4.57. The average molecular weight is 415 g/mol. The molecule has 0 radical (unpaired) electrons. The number of hydrogen-bond donors (Lipinski definition) is 0. The summed E-state index contributed by atoms with van der Waals surface area (Å²) >= 11 is 12.1. The van der Waals surface area contributed by atoms with Crippen molar-refractivity contribution in [1.29, 1.82) is 0 Å². The predicted molar refractivity (Wildman–Crippen MR) is 97.1 cm³/mol. The number of ether oxygens (including phenoxy) is 1. The molecule has 0 spiro atoms. The highest BCUT2D eigenvalue weighted by atomic mass is 35.5. The fourth-order valence-corrected chi connectivity index (χ4v) is 3.13. The number of esters is 1. The number of methoxy groups -OCH3 is 1. The van der Waals surface area contributed by atoms with Gasteiger partial charge < -0.3 is 4.74 Å². The second-order valence-electron chi connectivity index (χ2n) is 5.52. The van der Waals surface area contributed by atoms with Gasteiger partial charge in [-0.15, -0.1) is 0 Å². The topological polar surface area (TPSA) is 44.1 Å². The van der Waals surface area contributed by atoms with Crippen LogP contribution in [0.3, 0.4) is 0 Å². The van der Waals surface area contributed by atoms with Crippen LogP contribution in [0.5, 0.6) is 0 Å². The number of carbonyl (C=O) groups is 1. The van der Waals surface area contributed by atoms with Crippen LogP contribution < -0.4 is 0 Å². The number of halogens is 5. The molecule has 0 unspecified atom stereocenters. The Bertz CT molecular complexity index is 1040. The van der Waals surface area contributed by atoms with Gasteiger partial charge in [0.25, 0.3) is 0 Å². The number of hydrogen-bond acceptors (Lipinski definition) is 3. The molecule has 0 bridgehead atoms. The molecule has 0 aliphatic rings. The fourth-order valence-electron chi connectivity index (χ4n) is 2.48. The SMILES string of the molecule is COC(=O)/C=C/c1ccc2cnn(-c3c(Cl)cc(C(F)(F)F)cc3Cl)c2c1. The Morgan fingerprint density at radius 3 is 2.44 bits per heavy atom. The van der Waals surface area contributed by atoms with Crippen molar-refractivity contribution in [3.8, 4) is 5.69 Å². The molecule has 1 aromatic heterocycles. The van der Waals surface area contributed by atoms with Gasteiger partial charge in [0, 0.05) is 11.5 Å². The minimum Gasteiger partial charge on any atom is -0.466 e. The third-order valence-corrected chi connectivity index (χ3v) is 4.34. The first-order chi connectivity index (χ1) is 12.7. The van der Waals surface area contributed by atoms with Gasteiger partial charge in [0.1, 0.15) is 5.69 Å². The normalized spacial score (nSPS) is 12.1. The third-order valence-electron chi connectivity index (χ3n) is 3.76. The summed E-state index contributed by atoms with van der Waals surface area (Å²) in [5, 5.41) is 4.53. The van der Waals surface area contributed by atoms with Gasteiger partial charge in [-0.2, -0.15) is 18.3 Å². The van der Waals surface area contributed by atoms with Crippen LogP contribution in [0.4, 0.5) is 13.2 Å². The number of rotatable bonds is 3. The number of fused-ring (bicyclic) bond motifs is 1. The first-order valence-electron chi connectivity index (χ1n) is 7.51. The van der Waals surface area contributed by atoms with Gasteiger partial charge >= 0.3 is 12.1 Å². The Balaban J connectivity index is 2.12. The van der Waals surface area contributed by atoms with Crippen molar-refractivity contribution >= 4 is 46.2 Å². The van der Waals surface area contributed by atoms with Crippen LogP contribution in [0.1, 0.15) is 11.1 Å². The average Bonchev–Trinajstić information content (AvgIpc) is 3.01. The predicted octanol–water partition coefficient (Wildman–Crippen LogP) is 5.54. The summed E-state index contributed by atoms with van der Waals surface area (Å²) in [7, 11) is 1.26. The molecule has 9 heteroatoms. The largest absolute Gasteiger partial charge is 0.466 e. The summed E-state index contributed by atoms with van der Waals surface area (Å²) in [5.74, 6) is -0.516. The maximum absolute atomic E-state index is 12.9. The van der Waals surface area contributed by atoms with E-state index < -0.39 is 17.7 Å².